The number of rotatable bonds is 2. The number of aryl methyl sites for hydroxylation is 4. The summed E-state index contributed by atoms with van der Waals surface area (Å²) in [6.07, 6.45) is 4.74. The van der Waals surface area contributed by atoms with Gasteiger partial charge in [0.1, 0.15) is 0 Å². The van der Waals surface area contributed by atoms with Crippen LogP contribution in [0.3, 0.4) is 0 Å². The molecule has 0 bridgehead atoms. The van der Waals surface area contributed by atoms with Gasteiger partial charge in [0.25, 0.3) is 0 Å². The molecule has 0 aliphatic carbocycles. The predicted octanol–water partition coefficient (Wildman–Crippen LogP) is 5.59. The lowest BCUT2D eigenvalue weighted by molar-refractivity contribution is 1.18. The summed E-state index contributed by atoms with van der Waals surface area (Å²) in [5.74, 6) is 0. The largest absolute Gasteiger partial charge is 0.264 e. The Labute approximate surface area is 140 Å². The van der Waals surface area contributed by atoms with Gasteiger partial charge in [0.2, 0.25) is 0 Å². The third-order valence-corrected chi connectivity index (χ3v) is 3.66. The summed E-state index contributed by atoms with van der Waals surface area (Å²) in [6.45, 7) is 8.32. The maximum absolute atomic E-state index is 3.98. The summed E-state index contributed by atoms with van der Waals surface area (Å²) in [5, 5.41) is 0. The summed E-state index contributed by atoms with van der Waals surface area (Å²) in [4.78, 5) is 3.98. The molecule has 23 heavy (non-hydrogen) atoms. The molecule has 2 aromatic carbocycles. The molecule has 0 radical (unpaired) electrons. The first-order valence-electron chi connectivity index (χ1n) is 8.02. The number of benzene rings is 2. The van der Waals surface area contributed by atoms with Gasteiger partial charge in [-0.2, -0.15) is 0 Å². The quantitative estimate of drug-likeness (QED) is 0.601. The predicted molar refractivity (Wildman–Crippen MR) is 98.9 cm³/mol. The van der Waals surface area contributed by atoms with Gasteiger partial charge >= 0.3 is 0 Å². The van der Waals surface area contributed by atoms with E-state index in [-0.39, 0.29) is 0 Å². The molecule has 0 saturated carbocycles. The van der Waals surface area contributed by atoms with Crippen molar-refractivity contribution in [3.05, 3.63) is 100 Å². The molecule has 1 nitrogen and oxygen atoms in total. The van der Waals surface area contributed by atoms with Gasteiger partial charge in [-0.3, -0.25) is 4.98 Å². The highest BCUT2D eigenvalue weighted by atomic mass is 14.6. The molecule has 118 valence electrons. The maximum atomic E-state index is 3.98. The van der Waals surface area contributed by atoms with Crippen LogP contribution in [0.25, 0.3) is 0 Å². The fourth-order valence-electron chi connectivity index (χ4n) is 2.35. The van der Waals surface area contributed by atoms with Crippen molar-refractivity contribution >= 4 is 0 Å². The number of hydrogen-bond donors (Lipinski definition) is 0. The molecule has 0 N–H and O–H groups in total. The molecule has 3 rings (SSSR count). The first-order chi connectivity index (χ1) is 11.0. The van der Waals surface area contributed by atoms with Crippen LogP contribution >= 0.6 is 0 Å². The van der Waals surface area contributed by atoms with Crippen LogP contribution < -0.4 is 0 Å². The average molecular weight is 303 g/mol. The molecule has 1 aromatic heterocycles. The smallest absolute Gasteiger partial charge is 0.0297 e. The van der Waals surface area contributed by atoms with Gasteiger partial charge in [-0.05, 0) is 56.4 Å². The molecule has 0 amide bonds. The second kappa shape index (κ2) is 8.28. The second-order valence-corrected chi connectivity index (χ2v) is 6.19. The topological polar surface area (TPSA) is 12.9 Å². The van der Waals surface area contributed by atoms with Crippen LogP contribution in [-0.4, -0.2) is 4.98 Å². The van der Waals surface area contributed by atoms with Gasteiger partial charge in [0, 0.05) is 12.4 Å². The van der Waals surface area contributed by atoms with E-state index in [1.807, 2.05) is 26.2 Å². The Morgan fingerprint density at radius 2 is 0.957 bits per heavy atom. The summed E-state index contributed by atoms with van der Waals surface area (Å²) in [6, 6.07) is 19.6. The second-order valence-electron chi connectivity index (χ2n) is 6.19. The van der Waals surface area contributed by atoms with Crippen molar-refractivity contribution in [3.8, 4) is 0 Å². The third-order valence-electron chi connectivity index (χ3n) is 3.66. The summed E-state index contributed by atoms with van der Waals surface area (Å²) >= 11 is 0. The molecule has 3 aromatic rings. The molecule has 0 spiro atoms. The van der Waals surface area contributed by atoms with Crippen molar-refractivity contribution in [1.82, 2.24) is 4.98 Å². The van der Waals surface area contributed by atoms with Crippen molar-refractivity contribution in [2.75, 3.05) is 0 Å². The first-order valence-corrected chi connectivity index (χ1v) is 8.02. The van der Waals surface area contributed by atoms with Crippen LogP contribution in [0, 0.1) is 27.7 Å². The number of nitrogens with zero attached hydrogens (tertiary/aromatic N) is 1. The van der Waals surface area contributed by atoms with Gasteiger partial charge in [-0.1, -0.05) is 65.7 Å². The number of hydrogen-bond acceptors (Lipinski definition) is 1. The van der Waals surface area contributed by atoms with Crippen LogP contribution in [0.5, 0.6) is 0 Å². The monoisotopic (exact) mass is 303 g/mol. The van der Waals surface area contributed by atoms with Crippen LogP contribution in [0.15, 0.2) is 67.0 Å². The van der Waals surface area contributed by atoms with E-state index in [0.717, 1.165) is 6.42 Å². The SMILES string of the molecule is Cc1ccc(Cc2ccc(C)cc2)cc1.Cc1cncc(C)c1. The lowest BCUT2D eigenvalue weighted by Crippen LogP contribution is -1.88. The lowest BCUT2D eigenvalue weighted by atomic mass is 10.0. The Morgan fingerprint density at radius 3 is 1.26 bits per heavy atom. The highest BCUT2D eigenvalue weighted by molar-refractivity contribution is 5.29. The van der Waals surface area contributed by atoms with Crippen LogP contribution in [0.4, 0.5) is 0 Å². The summed E-state index contributed by atoms with van der Waals surface area (Å²) in [5.41, 5.74) is 7.86. The van der Waals surface area contributed by atoms with E-state index in [0.29, 0.717) is 0 Å². The van der Waals surface area contributed by atoms with E-state index >= 15 is 0 Å². The number of aromatic nitrogens is 1. The minimum absolute atomic E-state index is 1.03. The lowest BCUT2D eigenvalue weighted by Gasteiger charge is -2.03. The van der Waals surface area contributed by atoms with Crippen molar-refractivity contribution in [2.24, 2.45) is 0 Å². The highest BCUT2D eigenvalue weighted by Gasteiger charge is 1.95. The van der Waals surface area contributed by atoms with Crippen molar-refractivity contribution < 1.29 is 0 Å². The maximum Gasteiger partial charge on any atom is 0.0297 e. The molecule has 0 unspecified atom stereocenters. The fourth-order valence-corrected chi connectivity index (χ4v) is 2.35. The van der Waals surface area contributed by atoms with E-state index in [9.17, 15) is 0 Å². The Balaban J connectivity index is 0.000000203. The summed E-state index contributed by atoms with van der Waals surface area (Å²) < 4.78 is 0. The zero-order chi connectivity index (χ0) is 16.7. The highest BCUT2D eigenvalue weighted by Crippen LogP contribution is 2.11. The zero-order valence-electron chi connectivity index (χ0n) is 14.5. The van der Waals surface area contributed by atoms with E-state index in [1.54, 1.807) is 0 Å². The van der Waals surface area contributed by atoms with E-state index in [4.69, 9.17) is 0 Å². The van der Waals surface area contributed by atoms with Gasteiger partial charge in [0.15, 0.2) is 0 Å². The molecule has 0 aliphatic heterocycles. The Kier molecular flexibility index (Phi) is 6.10. The minimum atomic E-state index is 1.03. The molecule has 1 heteroatoms. The Morgan fingerprint density at radius 1 is 0.565 bits per heavy atom. The van der Waals surface area contributed by atoms with Gasteiger partial charge in [-0.25, -0.2) is 0 Å². The zero-order valence-corrected chi connectivity index (χ0v) is 14.5. The first kappa shape index (κ1) is 17.0. The standard InChI is InChI=1S/C15H16.C7H9N/c1-12-3-7-14(8-4-12)11-15-9-5-13(2)6-10-15;1-6-3-7(2)5-8-4-6/h3-10H,11H2,1-2H3;3-5H,1-2H3. The van der Waals surface area contributed by atoms with Crippen LogP contribution in [-0.2, 0) is 6.42 Å². The normalized spacial score (nSPS) is 9.91. The molecule has 0 saturated heterocycles. The molecule has 1 heterocycles. The average Bonchev–Trinajstić information content (AvgIpc) is 2.52. The van der Waals surface area contributed by atoms with Gasteiger partial charge in [0.05, 0.1) is 0 Å². The Hall–Kier alpha value is -2.41. The van der Waals surface area contributed by atoms with Crippen molar-refractivity contribution in [2.45, 2.75) is 34.1 Å². The minimum Gasteiger partial charge on any atom is -0.264 e. The van der Waals surface area contributed by atoms with Gasteiger partial charge in [-0.15, -0.1) is 0 Å². The molecule has 0 atom stereocenters. The third kappa shape index (κ3) is 6.07. The van der Waals surface area contributed by atoms with Crippen molar-refractivity contribution in [3.63, 3.8) is 0 Å². The Bertz CT molecular complexity index is 664. The molecule has 0 aliphatic rings. The summed E-state index contributed by atoms with van der Waals surface area (Å²) in [7, 11) is 0. The molecular weight excluding hydrogens is 278 g/mol. The molecular formula is C22H25N. The van der Waals surface area contributed by atoms with E-state index in [1.165, 1.54) is 33.4 Å². The molecule has 0 fully saturated rings. The van der Waals surface area contributed by atoms with Gasteiger partial charge < -0.3 is 0 Å². The van der Waals surface area contributed by atoms with E-state index in [2.05, 4.69) is 73.4 Å². The fraction of sp³-hybridized carbons (Fsp3) is 0.227. The van der Waals surface area contributed by atoms with Crippen LogP contribution in [0.1, 0.15) is 33.4 Å². The van der Waals surface area contributed by atoms with Crippen LogP contribution in [0.2, 0.25) is 0 Å². The van der Waals surface area contributed by atoms with Crippen molar-refractivity contribution in [1.29, 1.82) is 0 Å². The number of pyridine rings is 1. The van der Waals surface area contributed by atoms with E-state index < -0.39 is 0 Å².